The van der Waals surface area contributed by atoms with Crippen molar-refractivity contribution in [2.75, 3.05) is 0 Å². The van der Waals surface area contributed by atoms with Crippen LogP contribution in [0, 0.1) is 20.8 Å². The monoisotopic (exact) mass is 151 g/mol. The van der Waals surface area contributed by atoms with Crippen molar-refractivity contribution < 1.29 is 0 Å². The molecule has 0 bridgehead atoms. The molecule has 1 aromatic carbocycles. The molecule has 1 radical (unpaired) electrons. The zero-order valence-corrected chi connectivity index (χ0v) is 7.38. The molecular formula is C9H11S. The summed E-state index contributed by atoms with van der Waals surface area (Å²) in [4.78, 5) is 0.975. The van der Waals surface area contributed by atoms with E-state index in [-0.39, 0.29) is 0 Å². The molecule has 53 valence electrons. The Morgan fingerprint density at radius 2 is 1.60 bits per heavy atom. The molecule has 0 unspecified atom stereocenters. The summed E-state index contributed by atoms with van der Waals surface area (Å²) in [6.07, 6.45) is 0. The minimum Gasteiger partial charge on any atom is -0.0798 e. The van der Waals surface area contributed by atoms with Gasteiger partial charge in [0.1, 0.15) is 0 Å². The summed E-state index contributed by atoms with van der Waals surface area (Å²) in [6, 6.07) is 4.07. The van der Waals surface area contributed by atoms with E-state index in [1.165, 1.54) is 16.7 Å². The Kier molecular flexibility index (Phi) is 1.95. The first kappa shape index (κ1) is 7.55. The highest BCUT2D eigenvalue weighted by molar-refractivity contribution is 7.80. The molecule has 10 heavy (non-hydrogen) atoms. The SMILES string of the molecule is Cc1ccc([S])c(C)c1C. The van der Waals surface area contributed by atoms with Gasteiger partial charge in [-0.2, -0.15) is 0 Å². The van der Waals surface area contributed by atoms with Crippen LogP contribution in [-0.2, 0) is 0 Å². The van der Waals surface area contributed by atoms with E-state index in [9.17, 15) is 0 Å². The predicted molar refractivity (Wildman–Crippen MR) is 46.5 cm³/mol. The summed E-state index contributed by atoms with van der Waals surface area (Å²) >= 11 is 5.10. The fraction of sp³-hybridized carbons (Fsp3) is 0.333. The minimum atomic E-state index is 0.975. The Hall–Kier alpha value is -0.560. The fourth-order valence-electron chi connectivity index (χ4n) is 0.931. The molecule has 0 fully saturated rings. The highest BCUT2D eigenvalue weighted by Gasteiger charge is 1.99. The number of rotatable bonds is 0. The quantitative estimate of drug-likeness (QED) is 0.534. The molecule has 1 rings (SSSR count). The zero-order valence-electron chi connectivity index (χ0n) is 6.56. The van der Waals surface area contributed by atoms with E-state index in [2.05, 4.69) is 26.8 Å². The van der Waals surface area contributed by atoms with Crippen molar-refractivity contribution in [1.29, 1.82) is 0 Å². The maximum Gasteiger partial charge on any atom is 0.0409 e. The number of hydrogen-bond donors (Lipinski definition) is 0. The van der Waals surface area contributed by atoms with Gasteiger partial charge in [0.15, 0.2) is 0 Å². The van der Waals surface area contributed by atoms with Crippen molar-refractivity contribution in [3.63, 3.8) is 0 Å². The average molecular weight is 151 g/mol. The molecule has 0 aliphatic heterocycles. The Labute approximate surface area is 67.7 Å². The van der Waals surface area contributed by atoms with Crippen LogP contribution in [0.4, 0.5) is 0 Å². The first-order chi connectivity index (χ1) is 4.63. The molecule has 0 aliphatic rings. The van der Waals surface area contributed by atoms with Gasteiger partial charge in [-0.25, -0.2) is 0 Å². The molecule has 0 saturated heterocycles. The zero-order chi connectivity index (χ0) is 7.72. The van der Waals surface area contributed by atoms with Crippen molar-refractivity contribution >= 4 is 12.6 Å². The summed E-state index contributed by atoms with van der Waals surface area (Å²) in [7, 11) is 0. The van der Waals surface area contributed by atoms with Gasteiger partial charge in [-0.15, -0.1) is 0 Å². The third kappa shape index (κ3) is 1.14. The van der Waals surface area contributed by atoms with Crippen LogP contribution in [0.1, 0.15) is 16.7 Å². The van der Waals surface area contributed by atoms with Gasteiger partial charge < -0.3 is 0 Å². The largest absolute Gasteiger partial charge is 0.0798 e. The van der Waals surface area contributed by atoms with Crippen LogP contribution in [0.15, 0.2) is 17.0 Å². The molecular weight excluding hydrogens is 140 g/mol. The molecule has 1 heteroatoms. The van der Waals surface area contributed by atoms with Crippen LogP contribution in [0.2, 0.25) is 0 Å². The number of hydrogen-bond acceptors (Lipinski definition) is 0. The topological polar surface area (TPSA) is 0 Å². The minimum absolute atomic E-state index is 0.975. The van der Waals surface area contributed by atoms with Crippen molar-refractivity contribution in [2.45, 2.75) is 25.7 Å². The highest BCUT2D eigenvalue weighted by atomic mass is 32.1. The molecule has 0 spiro atoms. The van der Waals surface area contributed by atoms with Crippen LogP contribution in [0.3, 0.4) is 0 Å². The second-order valence-electron chi connectivity index (χ2n) is 2.63. The normalized spacial score (nSPS) is 9.90. The standard InChI is InChI=1S/C9H11S/c1-6-4-5-9(10)8(3)7(6)2/h4-5H,1-3H3. The van der Waals surface area contributed by atoms with Crippen molar-refractivity contribution in [1.82, 2.24) is 0 Å². The van der Waals surface area contributed by atoms with Crippen molar-refractivity contribution in [3.05, 3.63) is 28.8 Å². The second-order valence-corrected chi connectivity index (χ2v) is 3.07. The van der Waals surface area contributed by atoms with Gasteiger partial charge in [0.05, 0.1) is 0 Å². The van der Waals surface area contributed by atoms with E-state index in [0.29, 0.717) is 0 Å². The maximum absolute atomic E-state index is 5.10. The smallest absolute Gasteiger partial charge is 0.0409 e. The molecule has 0 atom stereocenters. The van der Waals surface area contributed by atoms with E-state index < -0.39 is 0 Å². The van der Waals surface area contributed by atoms with Gasteiger partial charge in [-0.1, -0.05) is 18.7 Å². The second kappa shape index (κ2) is 2.59. The first-order valence-electron chi connectivity index (χ1n) is 3.36. The molecule has 0 amide bonds. The average Bonchev–Trinajstić information content (AvgIpc) is 1.93. The molecule has 0 N–H and O–H groups in total. The van der Waals surface area contributed by atoms with Gasteiger partial charge >= 0.3 is 0 Å². The summed E-state index contributed by atoms with van der Waals surface area (Å²) in [5.41, 5.74) is 3.90. The Morgan fingerprint density at radius 3 is 2.10 bits per heavy atom. The van der Waals surface area contributed by atoms with Crippen LogP contribution < -0.4 is 0 Å². The van der Waals surface area contributed by atoms with E-state index in [1.807, 2.05) is 6.07 Å². The lowest BCUT2D eigenvalue weighted by atomic mass is 10.1. The Morgan fingerprint density at radius 1 is 1.00 bits per heavy atom. The van der Waals surface area contributed by atoms with Crippen LogP contribution >= 0.6 is 12.6 Å². The lowest BCUT2D eigenvalue weighted by Gasteiger charge is -2.04. The van der Waals surface area contributed by atoms with Crippen molar-refractivity contribution in [3.8, 4) is 0 Å². The highest BCUT2D eigenvalue weighted by Crippen LogP contribution is 2.19. The molecule has 1 aromatic rings. The van der Waals surface area contributed by atoms with Crippen LogP contribution in [0.5, 0.6) is 0 Å². The molecule has 0 aliphatic carbocycles. The molecule has 0 saturated carbocycles. The number of benzene rings is 1. The van der Waals surface area contributed by atoms with E-state index in [0.717, 1.165) is 4.90 Å². The van der Waals surface area contributed by atoms with Crippen LogP contribution in [0.25, 0.3) is 0 Å². The lowest BCUT2D eigenvalue weighted by Crippen LogP contribution is -1.86. The van der Waals surface area contributed by atoms with Gasteiger partial charge in [0.25, 0.3) is 0 Å². The van der Waals surface area contributed by atoms with E-state index in [1.54, 1.807) is 0 Å². The van der Waals surface area contributed by atoms with Gasteiger partial charge in [-0.05, 0) is 43.5 Å². The fourth-order valence-corrected chi connectivity index (χ4v) is 1.15. The first-order valence-corrected chi connectivity index (χ1v) is 3.77. The molecule has 0 heterocycles. The third-order valence-electron chi connectivity index (χ3n) is 2.01. The third-order valence-corrected chi connectivity index (χ3v) is 2.45. The van der Waals surface area contributed by atoms with Crippen molar-refractivity contribution in [2.24, 2.45) is 0 Å². The summed E-state index contributed by atoms with van der Waals surface area (Å²) in [5.74, 6) is 0. The molecule has 0 nitrogen and oxygen atoms in total. The summed E-state index contributed by atoms with van der Waals surface area (Å²) in [5, 5.41) is 0. The number of aryl methyl sites for hydroxylation is 1. The van der Waals surface area contributed by atoms with Crippen LogP contribution in [-0.4, -0.2) is 0 Å². The maximum atomic E-state index is 5.10. The van der Waals surface area contributed by atoms with E-state index >= 15 is 0 Å². The van der Waals surface area contributed by atoms with E-state index in [4.69, 9.17) is 12.6 Å². The lowest BCUT2D eigenvalue weighted by molar-refractivity contribution is 1.19. The van der Waals surface area contributed by atoms with Gasteiger partial charge in [0.2, 0.25) is 0 Å². The molecule has 0 aromatic heterocycles. The van der Waals surface area contributed by atoms with Gasteiger partial charge in [-0.3, -0.25) is 0 Å². The summed E-state index contributed by atoms with van der Waals surface area (Å²) in [6.45, 7) is 6.29. The Bertz CT molecular complexity index is 224. The van der Waals surface area contributed by atoms with Gasteiger partial charge in [0, 0.05) is 4.90 Å². The summed E-state index contributed by atoms with van der Waals surface area (Å²) < 4.78 is 0. The Balaban J connectivity index is 3.34. The predicted octanol–water partition coefficient (Wildman–Crippen LogP) is 3.17.